The topological polar surface area (TPSA) is 129 Å². The number of carbonyl (C=O) groups excluding carboxylic acids is 2. The van der Waals surface area contributed by atoms with Gasteiger partial charge in [0.1, 0.15) is 12.1 Å². The van der Waals surface area contributed by atoms with Crippen LogP contribution in [-0.2, 0) is 4.74 Å². The van der Waals surface area contributed by atoms with E-state index < -0.39 is 11.6 Å². The molecule has 0 aliphatic heterocycles. The van der Waals surface area contributed by atoms with Gasteiger partial charge in [0.2, 0.25) is 0 Å². The summed E-state index contributed by atoms with van der Waals surface area (Å²) in [6, 6.07) is 10.3. The molecule has 0 amide bonds. The normalized spacial score (nSPS) is 12.0. The third-order valence-electron chi connectivity index (χ3n) is 4.82. The Morgan fingerprint density at radius 1 is 1.00 bits per heavy atom. The number of anilines is 2. The summed E-state index contributed by atoms with van der Waals surface area (Å²) >= 11 is 0. The fraction of sp³-hybridized carbons (Fsp3) is 0.273. The standard InChI is InChI=1S/C22H20N4O3/c1-2-3-9-29-10-8-26-20-16(12-24)15(11-23)19(25)17-18(20)22(28)14-7-5-4-6-13(14)21(17)27/h4-7,26H,2-3,8-10,25H2,1H3. The molecule has 3 N–H and O–H groups in total. The van der Waals surface area contributed by atoms with Crippen LogP contribution in [0.1, 0.15) is 62.7 Å². The summed E-state index contributed by atoms with van der Waals surface area (Å²) in [6.07, 6.45) is 1.95. The second kappa shape index (κ2) is 8.55. The molecule has 146 valence electrons. The molecule has 2 aromatic carbocycles. The van der Waals surface area contributed by atoms with Crippen molar-refractivity contribution >= 4 is 22.9 Å². The highest BCUT2D eigenvalue weighted by atomic mass is 16.5. The molecule has 7 heteroatoms. The van der Waals surface area contributed by atoms with E-state index in [4.69, 9.17) is 10.5 Å². The Morgan fingerprint density at radius 2 is 1.62 bits per heavy atom. The molecule has 0 saturated heterocycles. The monoisotopic (exact) mass is 388 g/mol. The number of ether oxygens (including phenoxy) is 1. The smallest absolute Gasteiger partial charge is 0.196 e. The molecule has 0 atom stereocenters. The third kappa shape index (κ3) is 3.44. The van der Waals surface area contributed by atoms with E-state index in [2.05, 4.69) is 12.2 Å². The molecule has 0 heterocycles. The van der Waals surface area contributed by atoms with E-state index in [1.807, 2.05) is 12.1 Å². The van der Waals surface area contributed by atoms with Gasteiger partial charge in [0.25, 0.3) is 0 Å². The Morgan fingerprint density at radius 3 is 2.21 bits per heavy atom. The maximum absolute atomic E-state index is 13.2. The van der Waals surface area contributed by atoms with Crippen LogP contribution in [-0.4, -0.2) is 31.3 Å². The number of nitriles is 2. The van der Waals surface area contributed by atoms with Crippen LogP contribution in [0.3, 0.4) is 0 Å². The number of rotatable bonds is 7. The molecule has 0 spiro atoms. The first kappa shape index (κ1) is 20.1. The number of hydrogen-bond donors (Lipinski definition) is 2. The lowest BCUT2D eigenvalue weighted by molar-refractivity contribution is 0.0980. The van der Waals surface area contributed by atoms with E-state index in [-0.39, 0.29) is 44.8 Å². The summed E-state index contributed by atoms with van der Waals surface area (Å²) < 4.78 is 5.51. The average molecular weight is 388 g/mol. The van der Waals surface area contributed by atoms with Crippen LogP contribution in [0.15, 0.2) is 24.3 Å². The van der Waals surface area contributed by atoms with Crippen LogP contribution >= 0.6 is 0 Å². The van der Waals surface area contributed by atoms with Crippen molar-refractivity contribution in [1.29, 1.82) is 10.5 Å². The summed E-state index contributed by atoms with van der Waals surface area (Å²) in [5, 5.41) is 22.2. The van der Waals surface area contributed by atoms with Gasteiger partial charge in [-0.1, -0.05) is 37.6 Å². The first-order valence-corrected chi connectivity index (χ1v) is 9.36. The van der Waals surface area contributed by atoms with Gasteiger partial charge < -0.3 is 15.8 Å². The fourth-order valence-corrected chi connectivity index (χ4v) is 3.38. The molecule has 1 aliphatic rings. The quantitative estimate of drug-likeness (QED) is 0.470. The number of nitrogens with one attached hydrogen (secondary N) is 1. The van der Waals surface area contributed by atoms with Crippen molar-refractivity contribution in [1.82, 2.24) is 0 Å². The van der Waals surface area contributed by atoms with E-state index >= 15 is 0 Å². The fourth-order valence-electron chi connectivity index (χ4n) is 3.38. The molecule has 0 fully saturated rings. The maximum atomic E-state index is 13.2. The molecular formula is C22H20N4O3. The van der Waals surface area contributed by atoms with Crippen molar-refractivity contribution in [2.45, 2.75) is 19.8 Å². The number of unbranched alkanes of at least 4 members (excludes halogenated alkanes) is 1. The molecule has 0 aromatic heterocycles. The predicted molar refractivity (Wildman–Crippen MR) is 108 cm³/mol. The van der Waals surface area contributed by atoms with Crippen molar-refractivity contribution in [3.63, 3.8) is 0 Å². The molecule has 2 aromatic rings. The van der Waals surface area contributed by atoms with Crippen molar-refractivity contribution < 1.29 is 14.3 Å². The molecule has 0 saturated carbocycles. The molecule has 1 aliphatic carbocycles. The van der Waals surface area contributed by atoms with Gasteiger partial charge in [-0.3, -0.25) is 9.59 Å². The van der Waals surface area contributed by atoms with Gasteiger partial charge in [0.05, 0.1) is 40.2 Å². The lowest BCUT2D eigenvalue weighted by Gasteiger charge is -2.24. The largest absolute Gasteiger partial charge is 0.397 e. The molecule has 7 nitrogen and oxygen atoms in total. The maximum Gasteiger partial charge on any atom is 0.196 e. The number of hydrogen-bond acceptors (Lipinski definition) is 7. The lowest BCUT2D eigenvalue weighted by atomic mass is 9.80. The van der Waals surface area contributed by atoms with Crippen LogP contribution in [0.4, 0.5) is 11.4 Å². The number of ketones is 2. The minimum Gasteiger partial charge on any atom is -0.397 e. The Kier molecular flexibility index (Phi) is 5.92. The third-order valence-corrected chi connectivity index (χ3v) is 4.82. The Balaban J connectivity index is 2.11. The van der Waals surface area contributed by atoms with Crippen LogP contribution in [0.25, 0.3) is 0 Å². The number of benzene rings is 2. The first-order valence-electron chi connectivity index (χ1n) is 9.36. The van der Waals surface area contributed by atoms with Gasteiger partial charge in [-0.15, -0.1) is 0 Å². The molecule has 0 unspecified atom stereocenters. The van der Waals surface area contributed by atoms with Crippen molar-refractivity contribution in [2.75, 3.05) is 30.8 Å². The summed E-state index contributed by atoms with van der Waals surface area (Å²) in [4.78, 5) is 26.3. The van der Waals surface area contributed by atoms with Gasteiger partial charge >= 0.3 is 0 Å². The zero-order chi connectivity index (χ0) is 21.0. The molecule has 0 bridgehead atoms. The van der Waals surface area contributed by atoms with Crippen molar-refractivity contribution in [2.24, 2.45) is 0 Å². The zero-order valence-corrected chi connectivity index (χ0v) is 16.0. The van der Waals surface area contributed by atoms with E-state index in [1.54, 1.807) is 24.3 Å². The van der Waals surface area contributed by atoms with Crippen LogP contribution in [0, 0.1) is 22.7 Å². The highest BCUT2D eigenvalue weighted by Gasteiger charge is 2.36. The summed E-state index contributed by atoms with van der Waals surface area (Å²) in [5.41, 5.74) is 6.43. The number of fused-ring (bicyclic) bond motifs is 2. The van der Waals surface area contributed by atoms with Crippen molar-refractivity contribution in [3.8, 4) is 12.1 Å². The lowest BCUT2D eigenvalue weighted by Crippen LogP contribution is -2.26. The second-order valence-corrected chi connectivity index (χ2v) is 6.61. The predicted octanol–water partition coefficient (Wildman–Crippen LogP) is 3.02. The van der Waals surface area contributed by atoms with E-state index in [0.717, 1.165) is 12.8 Å². The number of nitrogens with two attached hydrogens (primary N) is 1. The van der Waals surface area contributed by atoms with Gasteiger partial charge in [-0.25, -0.2) is 0 Å². The molecule has 0 radical (unpaired) electrons. The summed E-state index contributed by atoms with van der Waals surface area (Å²) in [6.45, 7) is 3.33. The van der Waals surface area contributed by atoms with Crippen LogP contribution in [0.2, 0.25) is 0 Å². The highest BCUT2D eigenvalue weighted by molar-refractivity contribution is 6.32. The van der Waals surface area contributed by atoms with E-state index in [9.17, 15) is 20.1 Å². The number of carbonyl (C=O) groups is 2. The number of nitrogens with zero attached hydrogens (tertiary/aromatic N) is 2. The summed E-state index contributed by atoms with van der Waals surface area (Å²) in [5.74, 6) is -0.840. The van der Waals surface area contributed by atoms with E-state index in [1.165, 1.54) is 0 Å². The summed E-state index contributed by atoms with van der Waals surface area (Å²) in [7, 11) is 0. The number of nitrogen functional groups attached to an aromatic ring is 1. The van der Waals surface area contributed by atoms with E-state index in [0.29, 0.717) is 19.8 Å². The Bertz CT molecular complexity index is 1080. The van der Waals surface area contributed by atoms with Gasteiger partial charge in [-0.2, -0.15) is 10.5 Å². The Labute approximate surface area is 168 Å². The first-order chi connectivity index (χ1) is 14.1. The SMILES string of the molecule is CCCCOCCNc1c(C#N)c(C#N)c(N)c2c1C(=O)c1ccccc1C2=O. The average Bonchev–Trinajstić information content (AvgIpc) is 2.74. The van der Waals surface area contributed by atoms with Crippen molar-refractivity contribution in [3.05, 3.63) is 57.6 Å². The van der Waals surface area contributed by atoms with Gasteiger partial charge in [-0.05, 0) is 6.42 Å². The zero-order valence-electron chi connectivity index (χ0n) is 16.0. The van der Waals surface area contributed by atoms with Crippen LogP contribution < -0.4 is 11.1 Å². The highest BCUT2D eigenvalue weighted by Crippen LogP contribution is 2.39. The van der Waals surface area contributed by atoms with Crippen LogP contribution in [0.5, 0.6) is 0 Å². The van der Waals surface area contributed by atoms with Gasteiger partial charge in [0.15, 0.2) is 11.6 Å². The molecule has 29 heavy (non-hydrogen) atoms. The Hall–Kier alpha value is -3.68. The molecular weight excluding hydrogens is 368 g/mol. The molecule has 3 rings (SSSR count). The minimum absolute atomic E-state index is 0.0290. The second-order valence-electron chi connectivity index (χ2n) is 6.61. The van der Waals surface area contributed by atoms with Gasteiger partial charge in [0, 0.05) is 24.3 Å². The minimum atomic E-state index is -0.434.